The minimum absolute atomic E-state index is 0.0164. The number of hydrogen-bond acceptors (Lipinski definition) is 6. The molecule has 8 heteroatoms. The zero-order valence-electron chi connectivity index (χ0n) is 14.2. The number of ether oxygens (including phenoxy) is 1. The Kier molecular flexibility index (Phi) is 4.39. The lowest BCUT2D eigenvalue weighted by atomic mass is 10.1. The van der Waals surface area contributed by atoms with Gasteiger partial charge in [0.05, 0.1) is 11.1 Å². The Morgan fingerprint density at radius 2 is 1.89 bits per heavy atom. The van der Waals surface area contributed by atoms with Crippen LogP contribution in [0.15, 0.2) is 48.8 Å². The van der Waals surface area contributed by atoms with Crippen LogP contribution in [0.5, 0.6) is 11.5 Å². The van der Waals surface area contributed by atoms with Crippen molar-refractivity contribution in [2.75, 3.05) is 5.32 Å². The van der Waals surface area contributed by atoms with Crippen LogP contribution >= 0.6 is 0 Å². The Morgan fingerprint density at radius 1 is 1.07 bits per heavy atom. The molecule has 136 valence electrons. The highest BCUT2D eigenvalue weighted by Gasteiger charge is 2.29. The number of amides is 2. The second-order valence-electron chi connectivity index (χ2n) is 6.26. The maximum Gasteiger partial charge on any atom is 0.276 e. The molecule has 0 spiro atoms. The number of pyridine rings is 2. The molecule has 0 atom stereocenters. The summed E-state index contributed by atoms with van der Waals surface area (Å²) in [5, 5.41) is 12.2. The lowest BCUT2D eigenvalue weighted by molar-refractivity contribution is -0.117. The van der Waals surface area contributed by atoms with E-state index in [4.69, 9.17) is 9.94 Å². The average molecular weight is 364 g/mol. The molecule has 1 fully saturated rings. The molecule has 27 heavy (non-hydrogen) atoms. The zero-order chi connectivity index (χ0) is 18.8. The molecule has 1 aromatic carbocycles. The fourth-order valence-electron chi connectivity index (χ4n) is 2.61. The predicted octanol–water partition coefficient (Wildman–Crippen LogP) is 2.89. The Balaban J connectivity index is 1.52. The second kappa shape index (κ2) is 7.00. The molecule has 2 aromatic heterocycles. The highest BCUT2D eigenvalue weighted by atomic mass is 16.5. The molecule has 0 saturated heterocycles. The standard InChI is InChI=1S/C19H16N4O4/c24-18(11-1-2-11)22-17-9-15(5-6-20-17)27-14-4-3-12-7-13(19(25)23-26)10-21-16(12)8-14/h3-11,26H,1-2H2,(H,23,25)(H,20,22,24). The van der Waals surface area contributed by atoms with Crippen LogP contribution < -0.4 is 15.5 Å². The molecule has 4 rings (SSSR count). The summed E-state index contributed by atoms with van der Waals surface area (Å²) in [5.41, 5.74) is 2.47. The Bertz CT molecular complexity index is 1030. The second-order valence-corrected chi connectivity index (χ2v) is 6.26. The molecule has 1 aliphatic carbocycles. The SMILES string of the molecule is O=C(NO)c1cnc2cc(Oc3ccnc(NC(=O)C4CC4)c3)ccc2c1. The van der Waals surface area contributed by atoms with Crippen molar-refractivity contribution in [2.24, 2.45) is 5.92 Å². The van der Waals surface area contributed by atoms with E-state index in [2.05, 4.69) is 15.3 Å². The first-order chi connectivity index (χ1) is 13.1. The Labute approximate surface area is 154 Å². The van der Waals surface area contributed by atoms with Crippen molar-refractivity contribution in [2.45, 2.75) is 12.8 Å². The van der Waals surface area contributed by atoms with Gasteiger partial charge in [-0.25, -0.2) is 10.5 Å². The van der Waals surface area contributed by atoms with Gasteiger partial charge in [-0.05, 0) is 37.1 Å². The number of nitrogens with one attached hydrogen (secondary N) is 2. The van der Waals surface area contributed by atoms with Crippen LogP contribution in [0.25, 0.3) is 10.9 Å². The number of carbonyl (C=O) groups excluding carboxylic acids is 2. The summed E-state index contributed by atoms with van der Waals surface area (Å²) >= 11 is 0. The first-order valence-corrected chi connectivity index (χ1v) is 8.41. The van der Waals surface area contributed by atoms with Gasteiger partial charge >= 0.3 is 0 Å². The van der Waals surface area contributed by atoms with E-state index in [-0.39, 0.29) is 17.4 Å². The van der Waals surface area contributed by atoms with Crippen LogP contribution in [0.1, 0.15) is 23.2 Å². The highest BCUT2D eigenvalue weighted by Crippen LogP contribution is 2.31. The van der Waals surface area contributed by atoms with Crippen LogP contribution in [-0.4, -0.2) is 27.0 Å². The first-order valence-electron chi connectivity index (χ1n) is 8.41. The molecule has 2 amide bonds. The van der Waals surface area contributed by atoms with Gasteiger partial charge in [0, 0.05) is 35.8 Å². The Morgan fingerprint density at radius 3 is 2.67 bits per heavy atom. The van der Waals surface area contributed by atoms with Gasteiger partial charge in [0.25, 0.3) is 5.91 Å². The van der Waals surface area contributed by atoms with E-state index < -0.39 is 5.91 Å². The van der Waals surface area contributed by atoms with Gasteiger partial charge in [-0.15, -0.1) is 0 Å². The molecule has 2 heterocycles. The third-order valence-electron chi connectivity index (χ3n) is 4.19. The van der Waals surface area contributed by atoms with E-state index in [9.17, 15) is 9.59 Å². The molecule has 3 N–H and O–H groups in total. The van der Waals surface area contributed by atoms with Gasteiger partial charge in [-0.3, -0.25) is 19.8 Å². The summed E-state index contributed by atoms with van der Waals surface area (Å²) in [6, 6.07) is 10.2. The normalized spacial score (nSPS) is 13.2. The monoisotopic (exact) mass is 364 g/mol. The third-order valence-corrected chi connectivity index (χ3v) is 4.19. The molecule has 0 bridgehead atoms. The number of rotatable bonds is 5. The summed E-state index contributed by atoms with van der Waals surface area (Å²) in [7, 11) is 0. The fourth-order valence-corrected chi connectivity index (χ4v) is 2.61. The lowest BCUT2D eigenvalue weighted by Gasteiger charge is -2.09. The van der Waals surface area contributed by atoms with Crippen molar-refractivity contribution in [3.8, 4) is 11.5 Å². The molecular formula is C19H16N4O4. The smallest absolute Gasteiger partial charge is 0.276 e. The van der Waals surface area contributed by atoms with Gasteiger partial charge in [0.1, 0.15) is 17.3 Å². The maximum atomic E-state index is 11.8. The topological polar surface area (TPSA) is 113 Å². The van der Waals surface area contributed by atoms with Crippen molar-refractivity contribution in [1.82, 2.24) is 15.4 Å². The Hall–Kier alpha value is -3.52. The highest BCUT2D eigenvalue weighted by molar-refractivity contribution is 5.96. The summed E-state index contributed by atoms with van der Waals surface area (Å²) in [6.45, 7) is 0. The first kappa shape index (κ1) is 16.9. The molecule has 1 aliphatic rings. The van der Waals surface area contributed by atoms with Gasteiger partial charge in [0.2, 0.25) is 5.91 Å². The summed E-state index contributed by atoms with van der Waals surface area (Å²) in [5.74, 6) is 0.995. The quantitative estimate of drug-likeness (QED) is 0.474. The number of aromatic nitrogens is 2. The van der Waals surface area contributed by atoms with E-state index in [1.54, 1.807) is 48.1 Å². The number of nitrogens with zero attached hydrogens (tertiary/aromatic N) is 2. The average Bonchev–Trinajstić information content (AvgIpc) is 3.52. The number of anilines is 1. The predicted molar refractivity (Wildman–Crippen MR) is 96.7 cm³/mol. The molecule has 3 aromatic rings. The van der Waals surface area contributed by atoms with Crippen molar-refractivity contribution in [1.29, 1.82) is 0 Å². The van der Waals surface area contributed by atoms with Crippen LogP contribution in [0.3, 0.4) is 0 Å². The van der Waals surface area contributed by atoms with Crippen LogP contribution in [0.2, 0.25) is 0 Å². The molecule has 0 unspecified atom stereocenters. The third kappa shape index (κ3) is 3.85. The number of benzene rings is 1. The number of hydroxylamine groups is 1. The lowest BCUT2D eigenvalue weighted by Crippen LogP contribution is -2.18. The van der Waals surface area contributed by atoms with E-state index in [0.29, 0.717) is 22.8 Å². The van der Waals surface area contributed by atoms with E-state index >= 15 is 0 Å². The van der Waals surface area contributed by atoms with E-state index in [0.717, 1.165) is 18.2 Å². The van der Waals surface area contributed by atoms with Gasteiger partial charge in [-0.1, -0.05) is 0 Å². The van der Waals surface area contributed by atoms with Crippen LogP contribution in [-0.2, 0) is 4.79 Å². The van der Waals surface area contributed by atoms with Crippen molar-refractivity contribution in [3.63, 3.8) is 0 Å². The summed E-state index contributed by atoms with van der Waals surface area (Å²) in [6.07, 6.45) is 4.79. The fraction of sp³-hybridized carbons (Fsp3) is 0.158. The van der Waals surface area contributed by atoms with E-state index in [1.807, 2.05) is 0 Å². The van der Waals surface area contributed by atoms with Crippen molar-refractivity contribution in [3.05, 3.63) is 54.4 Å². The number of hydrogen-bond donors (Lipinski definition) is 3. The minimum Gasteiger partial charge on any atom is -0.457 e. The molecule has 0 radical (unpaired) electrons. The summed E-state index contributed by atoms with van der Waals surface area (Å²) in [4.78, 5) is 31.6. The van der Waals surface area contributed by atoms with Crippen LogP contribution in [0.4, 0.5) is 5.82 Å². The summed E-state index contributed by atoms with van der Waals surface area (Å²) < 4.78 is 5.83. The molecule has 1 saturated carbocycles. The van der Waals surface area contributed by atoms with Gasteiger partial charge in [-0.2, -0.15) is 0 Å². The largest absolute Gasteiger partial charge is 0.457 e. The molecule has 0 aliphatic heterocycles. The van der Waals surface area contributed by atoms with Gasteiger partial charge in [0.15, 0.2) is 0 Å². The van der Waals surface area contributed by atoms with Crippen molar-refractivity contribution < 1.29 is 19.5 Å². The zero-order valence-corrected chi connectivity index (χ0v) is 14.2. The van der Waals surface area contributed by atoms with Crippen molar-refractivity contribution >= 4 is 28.5 Å². The van der Waals surface area contributed by atoms with Crippen LogP contribution in [0, 0.1) is 5.92 Å². The van der Waals surface area contributed by atoms with E-state index in [1.165, 1.54) is 6.20 Å². The number of carbonyl (C=O) groups is 2. The van der Waals surface area contributed by atoms with Gasteiger partial charge < -0.3 is 10.1 Å². The maximum absolute atomic E-state index is 11.8. The number of fused-ring (bicyclic) bond motifs is 1. The molecular weight excluding hydrogens is 348 g/mol. The molecule has 8 nitrogen and oxygen atoms in total. The minimum atomic E-state index is -0.623.